The van der Waals surface area contributed by atoms with Crippen LogP contribution in [-0.4, -0.2) is 14.8 Å². The van der Waals surface area contributed by atoms with Crippen LogP contribution in [-0.2, 0) is 7.05 Å². The van der Waals surface area contributed by atoms with Gasteiger partial charge in [-0.25, -0.2) is 0 Å². The van der Waals surface area contributed by atoms with Gasteiger partial charge >= 0.3 is 0 Å². The predicted molar refractivity (Wildman–Crippen MR) is 82.8 cm³/mol. The van der Waals surface area contributed by atoms with Crippen LogP contribution in [0.25, 0.3) is 11.4 Å². The highest BCUT2D eigenvalue weighted by atomic mass is 32.1. The van der Waals surface area contributed by atoms with E-state index in [1.165, 1.54) is 4.88 Å². The molecule has 1 unspecified atom stereocenters. The van der Waals surface area contributed by atoms with Gasteiger partial charge < -0.3 is 9.88 Å². The Hall–Kier alpha value is -2.14. The van der Waals surface area contributed by atoms with Crippen molar-refractivity contribution >= 4 is 17.0 Å². The van der Waals surface area contributed by atoms with Crippen molar-refractivity contribution in [2.45, 2.75) is 13.0 Å². The van der Waals surface area contributed by atoms with Gasteiger partial charge in [0.25, 0.3) is 0 Å². The van der Waals surface area contributed by atoms with E-state index in [-0.39, 0.29) is 0 Å². The van der Waals surface area contributed by atoms with E-state index in [0.29, 0.717) is 6.04 Å². The van der Waals surface area contributed by atoms with Crippen molar-refractivity contribution in [3.63, 3.8) is 0 Å². The average molecular weight is 284 g/mol. The molecule has 0 aliphatic rings. The first-order chi connectivity index (χ1) is 9.74. The van der Waals surface area contributed by atoms with Crippen molar-refractivity contribution in [3.8, 4) is 11.4 Å². The molecule has 0 saturated carbocycles. The van der Waals surface area contributed by atoms with Gasteiger partial charge in [-0.05, 0) is 42.6 Å². The van der Waals surface area contributed by atoms with E-state index in [1.54, 1.807) is 17.7 Å². The third kappa shape index (κ3) is 2.58. The molecule has 5 heteroatoms. The van der Waals surface area contributed by atoms with Crippen LogP contribution in [0.1, 0.15) is 17.8 Å². The zero-order valence-electron chi connectivity index (χ0n) is 11.4. The van der Waals surface area contributed by atoms with Crippen molar-refractivity contribution in [3.05, 3.63) is 53.0 Å². The fourth-order valence-electron chi connectivity index (χ4n) is 2.12. The van der Waals surface area contributed by atoms with Gasteiger partial charge in [0.1, 0.15) is 6.33 Å². The fraction of sp³-hybridized carbons (Fsp3) is 0.200. The lowest BCUT2D eigenvalue weighted by molar-refractivity contribution is 0.907. The zero-order chi connectivity index (χ0) is 13.9. The van der Waals surface area contributed by atoms with E-state index < -0.39 is 0 Å². The molecule has 0 radical (unpaired) electrons. The van der Waals surface area contributed by atoms with Gasteiger partial charge in [-0.2, -0.15) is 0 Å². The minimum Gasteiger partial charge on any atom is -0.378 e. The van der Waals surface area contributed by atoms with Crippen LogP contribution < -0.4 is 5.32 Å². The second kappa shape index (κ2) is 5.46. The Kier molecular flexibility index (Phi) is 3.52. The summed E-state index contributed by atoms with van der Waals surface area (Å²) in [5.74, 6) is 0.878. The number of aryl methyl sites for hydroxylation is 1. The maximum absolute atomic E-state index is 4.11. The summed E-state index contributed by atoms with van der Waals surface area (Å²) in [5.41, 5.74) is 2.18. The maximum Gasteiger partial charge on any atom is 0.163 e. The lowest BCUT2D eigenvalue weighted by Crippen LogP contribution is -2.04. The van der Waals surface area contributed by atoms with Gasteiger partial charge in [0.15, 0.2) is 5.82 Å². The number of nitrogens with one attached hydrogen (secondary N) is 1. The predicted octanol–water partition coefficient (Wildman–Crippen LogP) is 3.72. The summed E-state index contributed by atoms with van der Waals surface area (Å²) in [4.78, 5) is 1.34. The van der Waals surface area contributed by atoms with Gasteiger partial charge in [-0.1, -0.05) is 6.07 Å². The Balaban J connectivity index is 1.75. The van der Waals surface area contributed by atoms with Gasteiger partial charge in [-0.15, -0.1) is 21.5 Å². The van der Waals surface area contributed by atoms with Crippen LogP contribution >= 0.6 is 11.3 Å². The van der Waals surface area contributed by atoms with E-state index in [4.69, 9.17) is 0 Å². The van der Waals surface area contributed by atoms with Crippen molar-refractivity contribution < 1.29 is 0 Å². The van der Waals surface area contributed by atoms with E-state index >= 15 is 0 Å². The molecular formula is C15H16N4S. The molecule has 0 amide bonds. The molecule has 0 fully saturated rings. The molecule has 20 heavy (non-hydrogen) atoms. The van der Waals surface area contributed by atoms with Crippen molar-refractivity contribution in [2.75, 3.05) is 5.32 Å². The summed E-state index contributed by atoms with van der Waals surface area (Å²) in [7, 11) is 1.94. The standard InChI is InChI=1S/C15H16N4S/c1-11(14-4-3-9-20-14)17-13-7-5-12(6-8-13)15-18-16-10-19(15)2/h3-11,17H,1-2H3. The van der Waals surface area contributed by atoms with Gasteiger partial charge in [0.2, 0.25) is 0 Å². The number of aromatic nitrogens is 3. The lowest BCUT2D eigenvalue weighted by Gasteiger charge is -2.14. The number of anilines is 1. The number of rotatable bonds is 4. The molecule has 0 spiro atoms. The second-order valence-electron chi connectivity index (χ2n) is 4.72. The Labute approximate surface area is 122 Å². The molecule has 1 atom stereocenters. The summed E-state index contributed by atoms with van der Waals surface area (Å²) in [5, 5.41) is 13.6. The highest BCUT2D eigenvalue weighted by molar-refractivity contribution is 7.10. The first-order valence-corrected chi connectivity index (χ1v) is 7.36. The molecule has 0 bridgehead atoms. The molecule has 4 nitrogen and oxygen atoms in total. The van der Waals surface area contributed by atoms with Crippen LogP contribution in [0, 0.1) is 0 Å². The number of hydrogen-bond acceptors (Lipinski definition) is 4. The largest absolute Gasteiger partial charge is 0.378 e. The molecular weight excluding hydrogens is 268 g/mol. The molecule has 102 valence electrons. The Morgan fingerprint density at radius 3 is 2.60 bits per heavy atom. The maximum atomic E-state index is 4.11. The second-order valence-corrected chi connectivity index (χ2v) is 5.70. The SMILES string of the molecule is CC(Nc1ccc(-c2nncn2C)cc1)c1cccs1. The monoisotopic (exact) mass is 284 g/mol. The molecule has 0 aliphatic heterocycles. The summed E-state index contributed by atoms with van der Waals surface area (Å²) in [6, 6.07) is 12.8. The smallest absolute Gasteiger partial charge is 0.163 e. The summed E-state index contributed by atoms with van der Waals surface area (Å²) < 4.78 is 1.91. The van der Waals surface area contributed by atoms with E-state index in [0.717, 1.165) is 17.1 Å². The topological polar surface area (TPSA) is 42.7 Å². The molecule has 3 aromatic rings. The third-order valence-corrected chi connectivity index (χ3v) is 4.26. The molecule has 1 N–H and O–H groups in total. The van der Waals surface area contributed by atoms with Crippen LogP contribution in [0.4, 0.5) is 5.69 Å². The molecule has 0 saturated heterocycles. The van der Waals surface area contributed by atoms with Crippen LogP contribution in [0.3, 0.4) is 0 Å². The average Bonchev–Trinajstić information content (AvgIpc) is 3.11. The Bertz CT molecular complexity index is 670. The number of thiophene rings is 1. The highest BCUT2D eigenvalue weighted by Gasteiger charge is 2.07. The summed E-state index contributed by atoms with van der Waals surface area (Å²) in [6.45, 7) is 2.17. The molecule has 3 rings (SSSR count). The summed E-state index contributed by atoms with van der Waals surface area (Å²) >= 11 is 1.77. The first-order valence-electron chi connectivity index (χ1n) is 6.48. The van der Waals surface area contributed by atoms with Crippen LogP contribution in [0.5, 0.6) is 0 Å². The van der Waals surface area contributed by atoms with Crippen LogP contribution in [0.2, 0.25) is 0 Å². The van der Waals surface area contributed by atoms with Crippen molar-refractivity contribution in [1.82, 2.24) is 14.8 Å². The van der Waals surface area contributed by atoms with Gasteiger partial charge in [0.05, 0.1) is 6.04 Å². The van der Waals surface area contributed by atoms with E-state index in [9.17, 15) is 0 Å². The summed E-state index contributed by atoms with van der Waals surface area (Å²) in [6.07, 6.45) is 1.71. The highest BCUT2D eigenvalue weighted by Crippen LogP contribution is 2.24. The Morgan fingerprint density at radius 2 is 2.00 bits per heavy atom. The minimum atomic E-state index is 0.315. The van der Waals surface area contributed by atoms with Gasteiger partial charge in [-0.3, -0.25) is 0 Å². The van der Waals surface area contributed by atoms with Gasteiger partial charge in [0, 0.05) is 23.2 Å². The minimum absolute atomic E-state index is 0.315. The van der Waals surface area contributed by atoms with Crippen molar-refractivity contribution in [1.29, 1.82) is 0 Å². The number of benzene rings is 1. The molecule has 0 aliphatic carbocycles. The quantitative estimate of drug-likeness (QED) is 0.794. The number of nitrogens with zero attached hydrogens (tertiary/aromatic N) is 3. The first kappa shape index (κ1) is 12.9. The van der Waals surface area contributed by atoms with E-state index in [2.05, 4.69) is 64.2 Å². The third-order valence-electron chi connectivity index (χ3n) is 3.21. The lowest BCUT2D eigenvalue weighted by atomic mass is 10.1. The fourth-order valence-corrected chi connectivity index (χ4v) is 2.85. The van der Waals surface area contributed by atoms with E-state index in [1.807, 2.05) is 11.6 Å². The normalized spacial score (nSPS) is 12.3. The Morgan fingerprint density at radius 1 is 1.20 bits per heavy atom. The van der Waals surface area contributed by atoms with Crippen LogP contribution in [0.15, 0.2) is 48.1 Å². The molecule has 2 aromatic heterocycles. The zero-order valence-corrected chi connectivity index (χ0v) is 12.3. The molecule has 1 aromatic carbocycles. The number of hydrogen-bond donors (Lipinski definition) is 1. The molecule has 2 heterocycles. The van der Waals surface area contributed by atoms with Crippen molar-refractivity contribution in [2.24, 2.45) is 7.05 Å².